The number of para-hydroxylation sites is 5. The van der Waals surface area contributed by atoms with Gasteiger partial charge in [-0.2, -0.15) is 0 Å². The van der Waals surface area contributed by atoms with Crippen LogP contribution in [0.15, 0.2) is 219 Å². The summed E-state index contributed by atoms with van der Waals surface area (Å²) >= 11 is 0. The summed E-state index contributed by atoms with van der Waals surface area (Å²) < 4.78 is 18.0. The Hall–Kier alpha value is -8.68. The van der Waals surface area contributed by atoms with Gasteiger partial charge in [0.05, 0.1) is 44.5 Å². The topological polar surface area (TPSA) is 45.7 Å². The number of ether oxygens (including phenoxy) is 1. The molecule has 5 aromatic heterocycles. The zero-order valence-corrected chi connectivity index (χ0v) is 33.9. The third-order valence-electron chi connectivity index (χ3n) is 12.3. The SMILES string of the molecule is [c-]1n(-c2ccccc2)cc[n+]1-c1cccc(Oc2ccc3c4c5c(c6ccccc6n5-c5ccccc5)c5c6ccccc6n(-c6ccccc6)c5c4n(-c4ccccn4)c3c2)c1. The van der Waals surface area contributed by atoms with Crippen molar-refractivity contribution in [3.63, 3.8) is 0 Å². The van der Waals surface area contributed by atoms with E-state index < -0.39 is 0 Å². The van der Waals surface area contributed by atoms with E-state index >= 15 is 0 Å². The largest absolute Gasteiger partial charge is 0.458 e. The van der Waals surface area contributed by atoms with E-state index in [0.29, 0.717) is 0 Å². The standard InChI is InChI=1S/C56H36N6O/c1-4-17-38(18-5-1)58-33-34-59(37-58)41-23-16-24-42(35-41)63-43-30-31-46-49(36-43)62(50-29-14-15-32-57-50)56-53(46)54-51(44-25-10-12-27-47(44)60(54)39-19-6-2-7-20-39)52-45-26-11-13-28-48(45)61(55(52)56)40-21-8-3-9-22-40/h1-36H. The summed E-state index contributed by atoms with van der Waals surface area (Å²) in [7, 11) is 0. The molecule has 7 heteroatoms. The van der Waals surface area contributed by atoms with Crippen LogP contribution in [0.25, 0.3) is 94.0 Å². The number of benzene rings is 8. The van der Waals surface area contributed by atoms with Crippen molar-refractivity contribution in [3.05, 3.63) is 225 Å². The van der Waals surface area contributed by atoms with Crippen LogP contribution in [0, 0.1) is 6.33 Å². The van der Waals surface area contributed by atoms with Crippen molar-refractivity contribution in [2.75, 3.05) is 0 Å². The first-order chi connectivity index (χ1) is 31.3. The highest BCUT2D eigenvalue weighted by molar-refractivity contribution is 6.40. The summed E-state index contributed by atoms with van der Waals surface area (Å²) in [6.07, 6.45) is 9.34. The van der Waals surface area contributed by atoms with E-state index in [0.717, 1.165) is 83.9 Å². The lowest BCUT2D eigenvalue weighted by molar-refractivity contribution is -0.599. The van der Waals surface area contributed by atoms with Crippen molar-refractivity contribution in [2.24, 2.45) is 0 Å². The maximum atomic E-state index is 6.81. The molecule has 13 rings (SSSR count). The number of nitrogens with zero attached hydrogens (tertiary/aromatic N) is 6. The van der Waals surface area contributed by atoms with Gasteiger partial charge in [0.1, 0.15) is 17.3 Å². The molecule has 7 nitrogen and oxygen atoms in total. The van der Waals surface area contributed by atoms with Gasteiger partial charge in [0.15, 0.2) is 0 Å². The Labute approximate surface area is 361 Å². The first-order valence-electron chi connectivity index (χ1n) is 21.1. The van der Waals surface area contributed by atoms with Gasteiger partial charge >= 0.3 is 0 Å². The molecule has 296 valence electrons. The van der Waals surface area contributed by atoms with E-state index in [9.17, 15) is 0 Å². The molecule has 0 aliphatic rings. The first-order valence-corrected chi connectivity index (χ1v) is 21.1. The maximum Gasteiger partial charge on any atom is 0.268 e. The number of imidazole rings is 1. The zero-order valence-electron chi connectivity index (χ0n) is 33.9. The summed E-state index contributed by atoms with van der Waals surface area (Å²) in [6, 6.07) is 70.1. The predicted octanol–water partition coefficient (Wildman–Crippen LogP) is 13.0. The summed E-state index contributed by atoms with van der Waals surface area (Å²) in [5.74, 6) is 2.26. The van der Waals surface area contributed by atoms with Gasteiger partial charge in [-0.25, -0.2) is 4.98 Å². The molecule has 0 saturated carbocycles. The number of hydrogen-bond acceptors (Lipinski definition) is 2. The lowest BCUT2D eigenvalue weighted by Crippen LogP contribution is -2.28. The second-order valence-electron chi connectivity index (χ2n) is 15.8. The van der Waals surface area contributed by atoms with E-state index in [4.69, 9.17) is 9.72 Å². The second-order valence-corrected chi connectivity index (χ2v) is 15.8. The monoisotopic (exact) mass is 808 g/mol. The summed E-state index contributed by atoms with van der Waals surface area (Å²) in [6.45, 7) is 0. The number of hydrogen-bond donors (Lipinski definition) is 0. The Balaban J connectivity index is 1.14. The Kier molecular flexibility index (Phi) is 7.77. The molecule has 63 heavy (non-hydrogen) atoms. The highest BCUT2D eigenvalue weighted by Gasteiger charge is 2.29. The summed E-state index contributed by atoms with van der Waals surface area (Å²) in [5, 5.41) is 7.05. The molecule has 13 aromatic rings. The molecular formula is C56H36N6O. The fourth-order valence-corrected chi connectivity index (χ4v) is 9.68. The van der Waals surface area contributed by atoms with Gasteiger partial charge in [0.25, 0.3) is 6.33 Å². The normalized spacial score (nSPS) is 11.8. The number of pyridine rings is 1. The van der Waals surface area contributed by atoms with Crippen LogP contribution < -0.4 is 9.30 Å². The van der Waals surface area contributed by atoms with Crippen molar-refractivity contribution in [2.45, 2.75) is 0 Å². The Morgan fingerprint density at radius 1 is 0.429 bits per heavy atom. The molecule has 0 amide bonds. The van der Waals surface area contributed by atoms with E-state index in [1.54, 1.807) is 0 Å². The van der Waals surface area contributed by atoms with Crippen LogP contribution in [0.4, 0.5) is 0 Å². The fourth-order valence-electron chi connectivity index (χ4n) is 9.68. The van der Waals surface area contributed by atoms with Crippen molar-refractivity contribution < 1.29 is 9.30 Å². The highest BCUT2D eigenvalue weighted by Crippen LogP contribution is 2.50. The van der Waals surface area contributed by atoms with Gasteiger partial charge in [0, 0.05) is 68.3 Å². The number of rotatable bonds is 7. The molecule has 5 heterocycles. The first kappa shape index (κ1) is 35.1. The van der Waals surface area contributed by atoms with Gasteiger partial charge < -0.3 is 13.9 Å². The van der Waals surface area contributed by atoms with Crippen molar-refractivity contribution >= 4 is 65.4 Å². The molecule has 0 fully saturated rings. The molecule has 0 unspecified atom stereocenters. The Morgan fingerprint density at radius 2 is 1.00 bits per heavy atom. The highest BCUT2D eigenvalue weighted by atomic mass is 16.5. The van der Waals surface area contributed by atoms with E-state index in [1.807, 2.05) is 70.2 Å². The minimum Gasteiger partial charge on any atom is -0.458 e. The molecule has 0 aliphatic carbocycles. The van der Waals surface area contributed by atoms with E-state index in [-0.39, 0.29) is 0 Å². The predicted molar refractivity (Wildman–Crippen MR) is 253 cm³/mol. The third-order valence-corrected chi connectivity index (χ3v) is 12.3. The third kappa shape index (κ3) is 5.40. The molecule has 0 aliphatic heterocycles. The van der Waals surface area contributed by atoms with Gasteiger partial charge in [-0.3, -0.25) is 13.7 Å². The van der Waals surface area contributed by atoms with Gasteiger partial charge in [0.2, 0.25) is 0 Å². The molecule has 0 radical (unpaired) electrons. The lowest BCUT2D eigenvalue weighted by atomic mass is 10.0. The molecule has 0 bridgehead atoms. The average molecular weight is 809 g/mol. The van der Waals surface area contributed by atoms with Crippen LogP contribution in [0.3, 0.4) is 0 Å². The number of fused-ring (bicyclic) bond motifs is 12. The van der Waals surface area contributed by atoms with Crippen LogP contribution in [-0.2, 0) is 0 Å². The summed E-state index contributed by atoms with van der Waals surface area (Å²) in [5.41, 5.74) is 10.8. The Morgan fingerprint density at radius 3 is 1.68 bits per heavy atom. The van der Waals surface area contributed by atoms with Crippen LogP contribution in [0.1, 0.15) is 0 Å². The van der Waals surface area contributed by atoms with Crippen molar-refractivity contribution in [1.82, 2.24) is 23.3 Å². The van der Waals surface area contributed by atoms with Crippen LogP contribution >= 0.6 is 0 Å². The van der Waals surface area contributed by atoms with Crippen molar-refractivity contribution in [1.29, 1.82) is 0 Å². The maximum absolute atomic E-state index is 6.81. The van der Waals surface area contributed by atoms with E-state index in [1.165, 1.54) is 21.5 Å². The quantitative estimate of drug-likeness (QED) is 0.119. The molecule has 0 N–H and O–H groups in total. The molecular weight excluding hydrogens is 773 g/mol. The average Bonchev–Trinajstić information content (AvgIpc) is 4.13. The Bertz CT molecular complexity index is 3860. The molecule has 0 saturated heterocycles. The van der Waals surface area contributed by atoms with E-state index in [2.05, 4.69) is 178 Å². The van der Waals surface area contributed by atoms with Gasteiger partial charge in [-0.15, -0.1) is 0 Å². The molecule has 0 atom stereocenters. The minimum absolute atomic E-state index is 0.718. The number of aromatic nitrogens is 6. The van der Waals surface area contributed by atoms with Crippen molar-refractivity contribution in [3.8, 4) is 40.1 Å². The van der Waals surface area contributed by atoms with Crippen LogP contribution in [0.2, 0.25) is 0 Å². The second kappa shape index (κ2) is 13.9. The smallest absolute Gasteiger partial charge is 0.268 e. The van der Waals surface area contributed by atoms with Gasteiger partial charge in [-0.1, -0.05) is 103 Å². The lowest BCUT2D eigenvalue weighted by Gasteiger charge is -2.14. The van der Waals surface area contributed by atoms with Crippen LogP contribution in [0.5, 0.6) is 11.5 Å². The minimum atomic E-state index is 0.718. The fraction of sp³-hybridized carbons (Fsp3) is 0. The van der Waals surface area contributed by atoms with Gasteiger partial charge in [-0.05, 0) is 91.0 Å². The molecule has 0 spiro atoms. The summed E-state index contributed by atoms with van der Waals surface area (Å²) in [4.78, 5) is 5.07. The molecule has 8 aromatic carbocycles. The van der Waals surface area contributed by atoms with Crippen LogP contribution in [-0.4, -0.2) is 23.3 Å². The zero-order chi connectivity index (χ0) is 41.4.